The molecule has 0 aliphatic carbocycles. The summed E-state index contributed by atoms with van der Waals surface area (Å²) in [5.74, 6) is -0.0543. The number of hydrogen-bond donors (Lipinski definition) is 1. The molecule has 1 unspecified atom stereocenters. The average Bonchev–Trinajstić information content (AvgIpc) is 3.36. The van der Waals surface area contributed by atoms with Crippen molar-refractivity contribution in [2.24, 2.45) is 0 Å². The lowest BCUT2D eigenvalue weighted by Crippen LogP contribution is -2.24. The number of nitrogens with zero attached hydrogens (tertiary/aromatic N) is 3. The molecule has 1 atom stereocenters. The number of fused-ring (bicyclic) bond motifs is 1. The summed E-state index contributed by atoms with van der Waals surface area (Å²) in [5.41, 5.74) is 3.46. The first-order chi connectivity index (χ1) is 13.7. The number of nitrogens with one attached hydrogen (secondary N) is 1. The van der Waals surface area contributed by atoms with Crippen molar-refractivity contribution in [2.75, 3.05) is 5.32 Å². The number of hydrogen-bond acceptors (Lipinski definition) is 7. The smallest absolute Gasteiger partial charge is 0.239 e. The minimum atomic E-state index is -0.257. The monoisotopic (exact) mass is 426 g/mol. The van der Waals surface area contributed by atoms with Crippen LogP contribution < -0.4 is 5.32 Å². The predicted octanol–water partition coefficient (Wildman–Crippen LogP) is 5.63. The average molecular weight is 427 g/mol. The molecule has 8 heteroatoms. The highest BCUT2D eigenvalue weighted by Crippen LogP contribution is 2.39. The van der Waals surface area contributed by atoms with Crippen LogP contribution in [0.4, 0.5) is 5.13 Å². The molecule has 1 amide bonds. The van der Waals surface area contributed by atoms with Gasteiger partial charge in [0.25, 0.3) is 0 Å². The summed E-state index contributed by atoms with van der Waals surface area (Å²) < 4.78 is 0. The Morgan fingerprint density at radius 3 is 2.71 bits per heavy atom. The van der Waals surface area contributed by atoms with E-state index < -0.39 is 0 Å². The molecule has 28 heavy (non-hydrogen) atoms. The molecular weight excluding hydrogens is 408 g/mol. The molecule has 3 heterocycles. The zero-order valence-corrected chi connectivity index (χ0v) is 17.8. The fourth-order valence-corrected chi connectivity index (χ4v) is 5.36. The van der Waals surface area contributed by atoms with E-state index in [2.05, 4.69) is 56.8 Å². The van der Waals surface area contributed by atoms with Gasteiger partial charge in [-0.15, -0.1) is 22.7 Å². The van der Waals surface area contributed by atoms with Crippen LogP contribution in [0.2, 0.25) is 0 Å². The Kier molecular flexibility index (Phi) is 5.70. The SMILES string of the molecule is CCC(Sc1ncnc2scc(-c3ccc(C)cc3)c12)C(=O)Nc1nccs1. The number of carbonyl (C=O) groups is 1. The number of rotatable bonds is 6. The molecule has 4 rings (SSSR count). The number of anilines is 1. The van der Waals surface area contributed by atoms with Crippen LogP contribution in [-0.2, 0) is 4.79 Å². The zero-order chi connectivity index (χ0) is 19.5. The number of aryl methyl sites for hydroxylation is 1. The van der Waals surface area contributed by atoms with E-state index in [-0.39, 0.29) is 11.2 Å². The number of aromatic nitrogens is 3. The fraction of sp³-hybridized carbons (Fsp3) is 0.200. The van der Waals surface area contributed by atoms with Crippen LogP contribution in [0.5, 0.6) is 0 Å². The van der Waals surface area contributed by atoms with Crippen LogP contribution in [0.3, 0.4) is 0 Å². The first-order valence-corrected chi connectivity index (χ1v) is 11.5. The van der Waals surface area contributed by atoms with E-state index in [9.17, 15) is 4.79 Å². The van der Waals surface area contributed by atoms with Crippen LogP contribution in [0.1, 0.15) is 18.9 Å². The summed E-state index contributed by atoms with van der Waals surface area (Å²) in [6.45, 7) is 4.08. The van der Waals surface area contributed by atoms with Gasteiger partial charge < -0.3 is 5.32 Å². The summed E-state index contributed by atoms with van der Waals surface area (Å²) >= 11 is 4.50. The van der Waals surface area contributed by atoms with Crippen molar-refractivity contribution in [3.8, 4) is 11.1 Å². The van der Waals surface area contributed by atoms with Gasteiger partial charge in [-0.25, -0.2) is 15.0 Å². The summed E-state index contributed by atoms with van der Waals surface area (Å²) in [4.78, 5) is 26.7. The molecule has 0 aliphatic rings. The number of thiazole rings is 1. The highest BCUT2D eigenvalue weighted by Gasteiger charge is 2.22. The second kappa shape index (κ2) is 8.38. The molecule has 0 fully saturated rings. The molecule has 4 aromatic rings. The molecule has 0 saturated heterocycles. The van der Waals surface area contributed by atoms with Crippen LogP contribution >= 0.6 is 34.4 Å². The van der Waals surface area contributed by atoms with E-state index in [1.165, 1.54) is 28.7 Å². The van der Waals surface area contributed by atoms with E-state index in [1.54, 1.807) is 23.9 Å². The van der Waals surface area contributed by atoms with Gasteiger partial charge in [-0.2, -0.15) is 0 Å². The maximum Gasteiger partial charge on any atom is 0.239 e. The van der Waals surface area contributed by atoms with Crippen molar-refractivity contribution >= 4 is 55.7 Å². The Morgan fingerprint density at radius 1 is 1.18 bits per heavy atom. The van der Waals surface area contributed by atoms with Crippen LogP contribution in [-0.4, -0.2) is 26.1 Å². The Hall–Kier alpha value is -2.29. The molecule has 0 spiro atoms. The molecule has 0 bridgehead atoms. The normalized spacial score (nSPS) is 12.2. The van der Waals surface area contributed by atoms with Gasteiger partial charge in [-0.1, -0.05) is 48.5 Å². The highest BCUT2D eigenvalue weighted by atomic mass is 32.2. The number of amides is 1. The Labute approximate surface area is 175 Å². The van der Waals surface area contributed by atoms with Crippen LogP contribution in [0.15, 0.2) is 52.6 Å². The summed E-state index contributed by atoms with van der Waals surface area (Å²) in [6.07, 6.45) is 3.95. The molecule has 1 N–H and O–H groups in total. The molecular formula is C20H18N4OS3. The van der Waals surface area contributed by atoms with Gasteiger partial charge in [0.05, 0.1) is 10.6 Å². The highest BCUT2D eigenvalue weighted by molar-refractivity contribution is 8.00. The van der Waals surface area contributed by atoms with E-state index >= 15 is 0 Å². The molecule has 1 aromatic carbocycles. The number of thioether (sulfide) groups is 1. The number of thiophene rings is 1. The van der Waals surface area contributed by atoms with Gasteiger partial charge in [0, 0.05) is 22.5 Å². The largest absolute Gasteiger partial charge is 0.301 e. The minimum Gasteiger partial charge on any atom is -0.301 e. The van der Waals surface area contributed by atoms with Gasteiger partial charge in [0.1, 0.15) is 16.2 Å². The second-order valence-electron chi connectivity index (χ2n) is 6.22. The number of carbonyl (C=O) groups excluding carboxylic acids is 1. The molecule has 0 saturated carbocycles. The third-order valence-corrected chi connectivity index (χ3v) is 7.22. The van der Waals surface area contributed by atoms with Crippen molar-refractivity contribution < 1.29 is 4.79 Å². The van der Waals surface area contributed by atoms with E-state index in [4.69, 9.17) is 0 Å². The maximum absolute atomic E-state index is 12.7. The molecule has 3 aromatic heterocycles. The standard InChI is InChI=1S/C20H18N4OS3/c1-3-15(17(25)24-20-21-8-9-26-20)28-19-16-14(10-27-18(16)22-11-23-19)13-6-4-12(2)5-7-13/h4-11,15H,3H2,1-2H3,(H,21,24,25). The molecule has 142 valence electrons. The van der Waals surface area contributed by atoms with Gasteiger partial charge in [0.15, 0.2) is 5.13 Å². The summed E-state index contributed by atoms with van der Waals surface area (Å²) in [7, 11) is 0. The van der Waals surface area contributed by atoms with Crippen molar-refractivity contribution in [1.29, 1.82) is 0 Å². The van der Waals surface area contributed by atoms with E-state index in [0.717, 1.165) is 26.4 Å². The molecule has 5 nitrogen and oxygen atoms in total. The fourth-order valence-electron chi connectivity index (χ4n) is 2.81. The quantitative estimate of drug-likeness (QED) is 0.319. The Morgan fingerprint density at radius 2 is 2.00 bits per heavy atom. The van der Waals surface area contributed by atoms with Crippen molar-refractivity contribution in [3.63, 3.8) is 0 Å². The minimum absolute atomic E-state index is 0.0543. The lowest BCUT2D eigenvalue weighted by atomic mass is 10.1. The molecule has 0 aliphatic heterocycles. The van der Waals surface area contributed by atoms with Crippen LogP contribution in [0, 0.1) is 6.92 Å². The van der Waals surface area contributed by atoms with Crippen molar-refractivity contribution in [1.82, 2.24) is 15.0 Å². The number of benzene rings is 1. The Bertz CT molecular complexity index is 1090. The topological polar surface area (TPSA) is 67.8 Å². The first kappa shape index (κ1) is 19.0. The van der Waals surface area contributed by atoms with Crippen LogP contribution in [0.25, 0.3) is 21.3 Å². The summed E-state index contributed by atoms with van der Waals surface area (Å²) in [6, 6.07) is 8.44. The summed E-state index contributed by atoms with van der Waals surface area (Å²) in [5, 5.41) is 9.07. The van der Waals surface area contributed by atoms with Gasteiger partial charge in [-0.3, -0.25) is 4.79 Å². The van der Waals surface area contributed by atoms with Crippen molar-refractivity contribution in [3.05, 3.63) is 53.1 Å². The maximum atomic E-state index is 12.7. The lowest BCUT2D eigenvalue weighted by Gasteiger charge is -2.14. The van der Waals surface area contributed by atoms with E-state index in [0.29, 0.717) is 11.6 Å². The lowest BCUT2D eigenvalue weighted by molar-refractivity contribution is -0.115. The third kappa shape index (κ3) is 3.94. The molecule has 0 radical (unpaired) electrons. The van der Waals surface area contributed by atoms with Gasteiger partial charge in [-0.05, 0) is 18.9 Å². The third-order valence-electron chi connectivity index (χ3n) is 4.28. The first-order valence-electron chi connectivity index (χ1n) is 8.82. The van der Waals surface area contributed by atoms with Crippen molar-refractivity contribution in [2.45, 2.75) is 30.5 Å². The zero-order valence-electron chi connectivity index (χ0n) is 15.4. The second-order valence-corrected chi connectivity index (χ2v) is 9.16. The van der Waals surface area contributed by atoms with Gasteiger partial charge >= 0.3 is 0 Å². The van der Waals surface area contributed by atoms with E-state index in [1.807, 2.05) is 12.3 Å². The van der Waals surface area contributed by atoms with Gasteiger partial charge in [0.2, 0.25) is 5.91 Å². The Balaban J connectivity index is 1.67. The predicted molar refractivity (Wildman–Crippen MR) is 118 cm³/mol.